The van der Waals surface area contributed by atoms with Gasteiger partial charge in [-0.05, 0) is 0 Å². The van der Waals surface area contributed by atoms with E-state index in [1.165, 1.54) is 9.79 Å². The van der Waals surface area contributed by atoms with Crippen molar-refractivity contribution in [1.29, 1.82) is 0 Å². The number of hydrogen-bond donors (Lipinski definition) is 0. The SMILES string of the molecule is CSc1ccc([O][Zr][O]c2ccc(SC)cc2)cc1. The summed E-state index contributed by atoms with van der Waals surface area (Å²) in [5.74, 6) is 1.79. The molecule has 0 amide bonds. The Balaban J connectivity index is 1.81. The van der Waals surface area contributed by atoms with E-state index in [1.54, 1.807) is 23.5 Å². The van der Waals surface area contributed by atoms with Crippen molar-refractivity contribution in [3.8, 4) is 11.5 Å². The molecule has 2 rings (SSSR count). The predicted octanol–water partition coefficient (Wildman–Crippen LogP) is 4.50. The zero-order chi connectivity index (χ0) is 13.5. The van der Waals surface area contributed by atoms with Crippen LogP contribution in [-0.4, -0.2) is 12.5 Å². The Hall–Kier alpha value is -0.377. The van der Waals surface area contributed by atoms with E-state index < -0.39 is 24.1 Å². The molecule has 0 aromatic heterocycles. The summed E-state index contributed by atoms with van der Waals surface area (Å²) in [5.41, 5.74) is 0. The Labute approximate surface area is 135 Å². The van der Waals surface area contributed by atoms with Gasteiger partial charge in [-0.3, -0.25) is 0 Å². The van der Waals surface area contributed by atoms with Gasteiger partial charge >= 0.3 is 136 Å². The molecule has 0 spiro atoms. The molecule has 2 nitrogen and oxygen atoms in total. The summed E-state index contributed by atoms with van der Waals surface area (Å²) in [4.78, 5) is 2.48. The van der Waals surface area contributed by atoms with Crippen LogP contribution in [0.3, 0.4) is 0 Å². The Morgan fingerprint density at radius 3 is 1.37 bits per heavy atom. The molecule has 2 aromatic carbocycles. The fourth-order valence-electron chi connectivity index (χ4n) is 1.40. The van der Waals surface area contributed by atoms with Crippen molar-refractivity contribution in [3.05, 3.63) is 48.5 Å². The summed E-state index contributed by atoms with van der Waals surface area (Å²) in [6.07, 6.45) is 4.13. The van der Waals surface area contributed by atoms with Gasteiger partial charge in [0.15, 0.2) is 0 Å². The molecule has 0 saturated heterocycles. The third-order valence-corrected chi connectivity index (χ3v) is 5.49. The van der Waals surface area contributed by atoms with Crippen LogP contribution in [0.4, 0.5) is 0 Å². The predicted molar refractivity (Wildman–Crippen MR) is 77.7 cm³/mol. The Morgan fingerprint density at radius 1 is 0.684 bits per heavy atom. The van der Waals surface area contributed by atoms with Crippen molar-refractivity contribution in [1.82, 2.24) is 0 Å². The Kier molecular flexibility index (Phi) is 6.35. The van der Waals surface area contributed by atoms with Gasteiger partial charge in [0, 0.05) is 0 Å². The second kappa shape index (κ2) is 8.03. The molecule has 2 aromatic rings. The zero-order valence-corrected chi connectivity index (χ0v) is 14.8. The third kappa shape index (κ3) is 4.90. The number of thioether (sulfide) groups is 2. The van der Waals surface area contributed by atoms with Crippen LogP contribution in [0.25, 0.3) is 0 Å². The van der Waals surface area contributed by atoms with E-state index in [0.29, 0.717) is 0 Å². The van der Waals surface area contributed by atoms with Gasteiger partial charge in [-0.1, -0.05) is 0 Å². The molecule has 0 unspecified atom stereocenters. The average Bonchev–Trinajstić information content (AvgIpc) is 2.49. The van der Waals surface area contributed by atoms with Gasteiger partial charge in [0.05, 0.1) is 0 Å². The van der Waals surface area contributed by atoms with E-state index in [9.17, 15) is 0 Å². The normalized spacial score (nSPS) is 10.0. The standard InChI is InChI=1S/2C7H8OS.Zr/c2*1-9-7-4-2-6(8)3-5-7;/h2*2-5,8H,1H3;/q;;+2/p-2. The molecule has 0 aliphatic carbocycles. The zero-order valence-electron chi connectivity index (χ0n) is 10.8. The molecule has 0 aliphatic heterocycles. The van der Waals surface area contributed by atoms with Crippen LogP contribution in [0.2, 0.25) is 0 Å². The van der Waals surface area contributed by atoms with Crippen molar-refractivity contribution < 1.29 is 29.7 Å². The molecule has 0 aliphatic rings. The second-order valence-corrected chi connectivity index (χ2v) is 6.81. The first-order chi connectivity index (χ1) is 9.31. The van der Waals surface area contributed by atoms with Crippen molar-refractivity contribution in [2.45, 2.75) is 9.79 Å². The third-order valence-electron chi connectivity index (χ3n) is 2.44. The maximum absolute atomic E-state index is 5.70. The van der Waals surface area contributed by atoms with Crippen molar-refractivity contribution >= 4 is 23.5 Å². The molecule has 0 saturated carbocycles. The second-order valence-electron chi connectivity index (χ2n) is 3.64. The maximum atomic E-state index is 5.70. The summed E-state index contributed by atoms with van der Waals surface area (Å²) >= 11 is 2.14. The molecule has 0 N–H and O–H groups in total. The molecule has 0 fully saturated rings. The molecular formula is C14H14O2S2Zr. The summed E-state index contributed by atoms with van der Waals surface area (Å²) in [7, 11) is 0. The monoisotopic (exact) mass is 368 g/mol. The van der Waals surface area contributed by atoms with Gasteiger partial charge in [0.25, 0.3) is 0 Å². The van der Waals surface area contributed by atoms with Gasteiger partial charge in [-0.2, -0.15) is 0 Å². The summed E-state index contributed by atoms with van der Waals surface area (Å²) < 4.78 is 11.4. The van der Waals surface area contributed by atoms with E-state index >= 15 is 0 Å². The van der Waals surface area contributed by atoms with Gasteiger partial charge in [0.1, 0.15) is 0 Å². The number of hydrogen-bond acceptors (Lipinski definition) is 4. The van der Waals surface area contributed by atoms with Crippen LogP contribution in [0.15, 0.2) is 58.3 Å². The van der Waals surface area contributed by atoms with Gasteiger partial charge in [-0.15, -0.1) is 0 Å². The fraction of sp³-hybridized carbons (Fsp3) is 0.143. The Morgan fingerprint density at radius 2 is 1.05 bits per heavy atom. The summed E-state index contributed by atoms with van der Waals surface area (Å²) in [6.45, 7) is 0. The van der Waals surface area contributed by atoms with Crippen LogP contribution in [0.5, 0.6) is 11.5 Å². The molecule has 0 atom stereocenters. The molecule has 0 bridgehead atoms. The first-order valence-corrected chi connectivity index (χ1v) is 10.1. The van der Waals surface area contributed by atoms with Crippen molar-refractivity contribution in [2.24, 2.45) is 0 Å². The van der Waals surface area contributed by atoms with Gasteiger partial charge < -0.3 is 0 Å². The molecule has 0 radical (unpaired) electrons. The molecule has 0 heterocycles. The van der Waals surface area contributed by atoms with Crippen molar-refractivity contribution in [2.75, 3.05) is 12.5 Å². The van der Waals surface area contributed by atoms with E-state index in [1.807, 2.05) is 24.3 Å². The topological polar surface area (TPSA) is 18.5 Å². The fourth-order valence-corrected chi connectivity index (χ4v) is 3.47. The molecule has 19 heavy (non-hydrogen) atoms. The van der Waals surface area contributed by atoms with Crippen LogP contribution >= 0.6 is 23.5 Å². The summed E-state index contributed by atoms with van der Waals surface area (Å²) in [6, 6.07) is 16.2. The first-order valence-electron chi connectivity index (χ1n) is 5.68. The van der Waals surface area contributed by atoms with E-state index in [4.69, 9.17) is 5.63 Å². The Bertz CT molecular complexity index is 452. The first kappa shape index (κ1) is 15.0. The summed E-state index contributed by atoms with van der Waals surface area (Å²) in [5, 5.41) is 0. The molecule has 98 valence electrons. The minimum absolute atomic E-state index is 0.894. The van der Waals surface area contributed by atoms with E-state index in [-0.39, 0.29) is 0 Å². The van der Waals surface area contributed by atoms with E-state index in [2.05, 4.69) is 36.8 Å². The number of benzene rings is 2. The van der Waals surface area contributed by atoms with Crippen LogP contribution < -0.4 is 5.63 Å². The van der Waals surface area contributed by atoms with Gasteiger partial charge in [-0.25, -0.2) is 0 Å². The van der Waals surface area contributed by atoms with Crippen molar-refractivity contribution in [3.63, 3.8) is 0 Å². The number of rotatable bonds is 6. The van der Waals surface area contributed by atoms with Crippen LogP contribution in [0, 0.1) is 0 Å². The molecular weight excluding hydrogens is 356 g/mol. The minimum atomic E-state index is -1.32. The van der Waals surface area contributed by atoms with E-state index in [0.717, 1.165) is 11.5 Å². The molecule has 5 heteroatoms. The van der Waals surface area contributed by atoms with Crippen LogP contribution in [0.1, 0.15) is 0 Å². The van der Waals surface area contributed by atoms with Gasteiger partial charge in [0.2, 0.25) is 0 Å². The van der Waals surface area contributed by atoms with Crippen LogP contribution in [-0.2, 0) is 24.1 Å². The quantitative estimate of drug-likeness (QED) is 0.698. The average molecular weight is 370 g/mol.